The van der Waals surface area contributed by atoms with Gasteiger partial charge in [-0.15, -0.1) is 10.2 Å². The Labute approximate surface area is 196 Å². The summed E-state index contributed by atoms with van der Waals surface area (Å²) in [6.45, 7) is 2.43. The summed E-state index contributed by atoms with van der Waals surface area (Å²) in [5, 5.41) is 31.0. The van der Waals surface area contributed by atoms with Gasteiger partial charge in [0.05, 0.1) is 16.5 Å². The molecular weight excluding hydrogens is 464 g/mol. The van der Waals surface area contributed by atoms with Crippen LogP contribution in [0.3, 0.4) is 0 Å². The molecule has 11 nitrogen and oxygen atoms in total. The van der Waals surface area contributed by atoms with Crippen LogP contribution in [0.1, 0.15) is 22.2 Å². The van der Waals surface area contributed by atoms with Crippen molar-refractivity contribution in [3.05, 3.63) is 74.3 Å². The Hall–Kier alpha value is -4.32. The normalized spacial score (nSPS) is 18.9. The molecule has 0 radical (unpaired) electrons. The fraction of sp³-hybridized carbons (Fsp3) is 0.182. The molecule has 1 saturated heterocycles. The third-order valence-corrected chi connectivity index (χ3v) is 6.24. The number of hydrogen-bond donors (Lipinski definition) is 1. The Morgan fingerprint density at radius 2 is 1.82 bits per heavy atom. The van der Waals surface area contributed by atoms with Crippen LogP contribution >= 0.6 is 11.3 Å². The van der Waals surface area contributed by atoms with E-state index in [0.29, 0.717) is 35.3 Å². The van der Waals surface area contributed by atoms with E-state index < -0.39 is 28.4 Å². The fourth-order valence-electron chi connectivity index (χ4n) is 3.85. The monoisotopic (exact) mass is 480 g/mol. The molecule has 3 heterocycles. The number of benzene rings is 2. The molecule has 0 spiro atoms. The van der Waals surface area contributed by atoms with E-state index >= 15 is 0 Å². The zero-order valence-electron chi connectivity index (χ0n) is 17.6. The van der Waals surface area contributed by atoms with Crippen LogP contribution in [-0.2, 0) is 9.59 Å². The van der Waals surface area contributed by atoms with Gasteiger partial charge in [0, 0.05) is 17.7 Å². The lowest BCUT2D eigenvalue weighted by Gasteiger charge is -2.23. The Kier molecular flexibility index (Phi) is 5.21. The summed E-state index contributed by atoms with van der Waals surface area (Å²) < 4.78 is 11.1. The molecule has 1 aromatic heterocycles. The number of carbonyl (C=O) groups excluding carboxylic acids is 2. The number of nitro benzene ring substituents is 1. The zero-order chi connectivity index (χ0) is 24.0. The number of anilines is 1. The quantitative estimate of drug-likeness (QED) is 0.196. The van der Waals surface area contributed by atoms with Gasteiger partial charge in [-0.2, -0.15) is 0 Å². The number of aromatic nitrogens is 2. The molecule has 34 heavy (non-hydrogen) atoms. The maximum atomic E-state index is 13.1. The second kappa shape index (κ2) is 8.23. The maximum Gasteiger partial charge on any atom is 0.301 e. The molecule has 1 unspecified atom stereocenters. The van der Waals surface area contributed by atoms with Crippen LogP contribution in [0.25, 0.3) is 5.76 Å². The van der Waals surface area contributed by atoms with E-state index in [2.05, 4.69) is 10.2 Å². The van der Waals surface area contributed by atoms with Gasteiger partial charge >= 0.3 is 5.91 Å². The minimum absolute atomic E-state index is 0.153. The predicted octanol–water partition coefficient (Wildman–Crippen LogP) is 3.15. The molecule has 2 aliphatic heterocycles. The third-order valence-electron chi connectivity index (χ3n) is 5.40. The molecule has 1 N–H and O–H groups in total. The van der Waals surface area contributed by atoms with Gasteiger partial charge in [0.1, 0.15) is 24.0 Å². The Bertz CT molecular complexity index is 1370. The number of aliphatic hydroxyl groups is 1. The van der Waals surface area contributed by atoms with Crippen LogP contribution < -0.4 is 14.4 Å². The van der Waals surface area contributed by atoms with Gasteiger partial charge < -0.3 is 14.6 Å². The summed E-state index contributed by atoms with van der Waals surface area (Å²) in [5.41, 5.74) is 0.307. The summed E-state index contributed by atoms with van der Waals surface area (Å²) >= 11 is 1.11. The first-order chi connectivity index (χ1) is 16.3. The van der Waals surface area contributed by atoms with Crippen molar-refractivity contribution in [3.63, 3.8) is 0 Å². The lowest BCUT2D eigenvalue weighted by atomic mass is 9.95. The van der Waals surface area contributed by atoms with Crippen LogP contribution in [0.4, 0.5) is 10.8 Å². The van der Waals surface area contributed by atoms with Crippen LogP contribution in [0.15, 0.2) is 48.0 Å². The molecule has 1 fully saturated rings. The van der Waals surface area contributed by atoms with E-state index in [1.165, 1.54) is 30.3 Å². The van der Waals surface area contributed by atoms with Crippen LogP contribution in [0.5, 0.6) is 11.5 Å². The van der Waals surface area contributed by atoms with Crippen molar-refractivity contribution in [1.82, 2.24) is 10.2 Å². The molecule has 2 aliphatic rings. The number of ether oxygens (including phenoxy) is 2. The summed E-state index contributed by atoms with van der Waals surface area (Å²) in [4.78, 5) is 37.9. The molecule has 1 amide bonds. The van der Waals surface area contributed by atoms with Crippen molar-refractivity contribution in [2.24, 2.45) is 0 Å². The Morgan fingerprint density at radius 3 is 2.47 bits per heavy atom. The average molecular weight is 480 g/mol. The fourth-order valence-corrected chi connectivity index (χ4v) is 4.57. The number of aliphatic hydroxyl groups excluding tert-OH is 1. The number of Topliss-reactive ketones (excluding diaryl/α,β-unsaturated/α-hetero) is 1. The number of amides is 1. The summed E-state index contributed by atoms with van der Waals surface area (Å²) in [6.07, 6.45) is 0. The molecule has 3 aromatic rings. The summed E-state index contributed by atoms with van der Waals surface area (Å²) in [7, 11) is 0. The van der Waals surface area contributed by atoms with Crippen LogP contribution in [-0.4, -0.2) is 45.1 Å². The molecule has 0 aliphatic carbocycles. The number of carbonyl (C=O) groups is 2. The lowest BCUT2D eigenvalue weighted by molar-refractivity contribution is -0.384. The number of nitro groups is 1. The van der Waals surface area contributed by atoms with E-state index in [4.69, 9.17) is 9.47 Å². The zero-order valence-corrected chi connectivity index (χ0v) is 18.4. The number of hydrogen-bond acceptors (Lipinski definition) is 10. The average Bonchev–Trinajstić information content (AvgIpc) is 3.38. The van der Waals surface area contributed by atoms with Gasteiger partial charge in [-0.05, 0) is 42.8 Å². The largest absolute Gasteiger partial charge is 0.507 e. The van der Waals surface area contributed by atoms with Gasteiger partial charge in [-0.1, -0.05) is 11.3 Å². The SMILES string of the molecule is Cc1nnc(N2C(=O)C(=O)C(=C(O)c3ccc4c(c3)OCCO4)C2c2ccc([N+](=O)[O-])cc2)s1. The van der Waals surface area contributed by atoms with E-state index in [1.807, 2.05) is 0 Å². The first-order valence-corrected chi connectivity index (χ1v) is 10.9. The van der Waals surface area contributed by atoms with Crippen molar-refractivity contribution < 1.29 is 29.1 Å². The van der Waals surface area contributed by atoms with E-state index in [9.17, 15) is 24.8 Å². The van der Waals surface area contributed by atoms with E-state index in [-0.39, 0.29) is 22.0 Å². The van der Waals surface area contributed by atoms with Gasteiger partial charge in [0.2, 0.25) is 5.13 Å². The highest BCUT2D eigenvalue weighted by molar-refractivity contribution is 7.15. The highest BCUT2D eigenvalue weighted by Crippen LogP contribution is 2.44. The molecule has 2 aromatic carbocycles. The van der Waals surface area contributed by atoms with Crippen molar-refractivity contribution in [2.75, 3.05) is 18.1 Å². The number of aryl methyl sites for hydroxylation is 1. The predicted molar refractivity (Wildman–Crippen MR) is 120 cm³/mol. The molecule has 12 heteroatoms. The summed E-state index contributed by atoms with van der Waals surface area (Å²) in [5.74, 6) is -1.32. The smallest absolute Gasteiger partial charge is 0.301 e. The van der Waals surface area contributed by atoms with Gasteiger partial charge in [-0.25, -0.2) is 0 Å². The van der Waals surface area contributed by atoms with Gasteiger partial charge in [0.25, 0.3) is 11.5 Å². The van der Waals surface area contributed by atoms with Crippen molar-refractivity contribution in [3.8, 4) is 11.5 Å². The number of nitrogens with zero attached hydrogens (tertiary/aromatic N) is 4. The standard InChI is InChI=1S/C22H16N4O7S/c1-11-23-24-22(34-11)25-18(12-2-5-14(6-3-12)26(30)31)17(20(28)21(25)29)19(27)13-4-7-15-16(10-13)33-9-8-32-15/h2-7,10,18,27H,8-9H2,1H3. The molecule has 0 bridgehead atoms. The second-order valence-electron chi connectivity index (χ2n) is 7.48. The lowest BCUT2D eigenvalue weighted by Crippen LogP contribution is -2.29. The first kappa shape index (κ1) is 21.5. The second-order valence-corrected chi connectivity index (χ2v) is 8.64. The van der Waals surface area contributed by atoms with Gasteiger partial charge in [-0.3, -0.25) is 24.6 Å². The molecule has 172 valence electrons. The van der Waals surface area contributed by atoms with Crippen molar-refractivity contribution >= 4 is 39.6 Å². The maximum absolute atomic E-state index is 13.1. The van der Waals surface area contributed by atoms with E-state index in [1.54, 1.807) is 19.1 Å². The van der Waals surface area contributed by atoms with Gasteiger partial charge in [0.15, 0.2) is 11.5 Å². The number of non-ortho nitro benzene ring substituents is 1. The van der Waals surface area contributed by atoms with Crippen molar-refractivity contribution in [1.29, 1.82) is 0 Å². The Morgan fingerprint density at radius 1 is 1.12 bits per heavy atom. The molecule has 1 atom stereocenters. The minimum Gasteiger partial charge on any atom is -0.507 e. The first-order valence-electron chi connectivity index (χ1n) is 10.1. The summed E-state index contributed by atoms with van der Waals surface area (Å²) in [6, 6.07) is 9.03. The minimum atomic E-state index is -1.07. The highest BCUT2D eigenvalue weighted by Gasteiger charge is 2.48. The number of rotatable bonds is 4. The molecule has 0 saturated carbocycles. The topological polar surface area (TPSA) is 145 Å². The highest BCUT2D eigenvalue weighted by atomic mass is 32.1. The van der Waals surface area contributed by atoms with Crippen LogP contribution in [0.2, 0.25) is 0 Å². The van der Waals surface area contributed by atoms with E-state index in [0.717, 1.165) is 16.2 Å². The number of ketones is 1. The third kappa shape index (κ3) is 3.53. The molecular formula is C22H16N4O7S. The number of fused-ring (bicyclic) bond motifs is 1. The Balaban J connectivity index is 1.68. The van der Waals surface area contributed by atoms with Crippen molar-refractivity contribution in [2.45, 2.75) is 13.0 Å². The van der Waals surface area contributed by atoms with Crippen LogP contribution in [0, 0.1) is 17.0 Å². The molecule has 5 rings (SSSR count).